The molecule has 1 amide bonds. The summed E-state index contributed by atoms with van der Waals surface area (Å²) in [5, 5.41) is 8.73. The summed E-state index contributed by atoms with van der Waals surface area (Å²) in [6, 6.07) is 0. The Bertz CT molecular complexity index is 626. The number of aromatic nitrogens is 3. The molecule has 8 heteroatoms. The fraction of sp³-hybridized carbons (Fsp3) is 0.467. The molecule has 0 saturated carbocycles. The number of hydrogen-bond donors (Lipinski definition) is 2. The Kier molecular flexibility index (Phi) is 5.62. The van der Waals surface area contributed by atoms with Crippen LogP contribution in [0.3, 0.4) is 0 Å². The van der Waals surface area contributed by atoms with E-state index in [0.717, 1.165) is 39.1 Å². The molecule has 0 aromatic carbocycles. The van der Waals surface area contributed by atoms with Crippen molar-refractivity contribution in [3.63, 3.8) is 0 Å². The molecule has 1 aliphatic heterocycles. The highest BCUT2D eigenvalue weighted by atomic mass is 32.1. The minimum absolute atomic E-state index is 0.128. The number of carbonyl (C=O) groups is 1. The Morgan fingerprint density at radius 1 is 1.35 bits per heavy atom. The van der Waals surface area contributed by atoms with E-state index in [1.807, 2.05) is 0 Å². The summed E-state index contributed by atoms with van der Waals surface area (Å²) < 4.78 is 0. The number of nitrogens with one attached hydrogen (secondary N) is 2. The molecule has 0 atom stereocenters. The first-order valence-corrected chi connectivity index (χ1v) is 8.64. The molecule has 2 N–H and O–H groups in total. The summed E-state index contributed by atoms with van der Waals surface area (Å²) in [6.45, 7) is 5.96. The summed E-state index contributed by atoms with van der Waals surface area (Å²) in [7, 11) is 0. The maximum atomic E-state index is 12.1. The third kappa shape index (κ3) is 4.54. The molecule has 23 heavy (non-hydrogen) atoms. The van der Waals surface area contributed by atoms with Crippen molar-refractivity contribution in [2.75, 3.05) is 39.3 Å². The van der Waals surface area contributed by atoms with Gasteiger partial charge in [0.2, 0.25) is 0 Å². The monoisotopic (exact) mass is 332 g/mol. The van der Waals surface area contributed by atoms with E-state index < -0.39 is 0 Å². The van der Waals surface area contributed by atoms with Gasteiger partial charge in [-0.05, 0) is 13.0 Å². The van der Waals surface area contributed by atoms with Crippen LogP contribution in [0.15, 0.2) is 24.0 Å². The summed E-state index contributed by atoms with van der Waals surface area (Å²) >= 11 is 1.40. The largest absolute Gasteiger partial charge is 0.351 e. The highest BCUT2D eigenvalue weighted by Gasteiger charge is 2.13. The van der Waals surface area contributed by atoms with Gasteiger partial charge in [0, 0.05) is 50.5 Å². The maximum absolute atomic E-state index is 12.1. The third-order valence-corrected chi connectivity index (χ3v) is 4.53. The van der Waals surface area contributed by atoms with Crippen LogP contribution in [-0.4, -0.2) is 65.0 Å². The van der Waals surface area contributed by atoms with Gasteiger partial charge < -0.3 is 15.5 Å². The Morgan fingerprint density at radius 2 is 2.22 bits per heavy atom. The molecule has 2 aromatic heterocycles. The van der Waals surface area contributed by atoms with Crippen LogP contribution in [0.5, 0.6) is 0 Å². The molecule has 3 heterocycles. The van der Waals surface area contributed by atoms with Crippen molar-refractivity contribution in [3.05, 3.63) is 29.7 Å². The van der Waals surface area contributed by atoms with Crippen molar-refractivity contribution in [2.24, 2.45) is 0 Å². The summed E-state index contributed by atoms with van der Waals surface area (Å²) in [5.74, 6) is -0.128. The number of thiazole rings is 1. The zero-order valence-electron chi connectivity index (χ0n) is 12.9. The van der Waals surface area contributed by atoms with Gasteiger partial charge in [0.15, 0.2) is 0 Å². The van der Waals surface area contributed by atoms with Crippen LogP contribution in [0.2, 0.25) is 0 Å². The Morgan fingerprint density at radius 3 is 3.00 bits per heavy atom. The van der Waals surface area contributed by atoms with E-state index in [9.17, 15) is 4.79 Å². The zero-order valence-corrected chi connectivity index (χ0v) is 13.7. The molecule has 0 bridgehead atoms. The Labute approximate surface area is 139 Å². The average Bonchev–Trinajstić information content (AvgIpc) is 3.10. The van der Waals surface area contributed by atoms with Crippen molar-refractivity contribution in [2.45, 2.75) is 6.42 Å². The quantitative estimate of drug-likeness (QED) is 0.755. The Balaban J connectivity index is 1.44. The number of carbonyl (C=O) groups excluding carboxylic acids is 1. The van der Waals surface area contributed by atoms with Crippen molar-refractivity contribution < 1.29 is 4.79 Å². The van der Waals surface area contributed by atoms with Gasteiger partial charge in [-0.3, -0.25) is 14.8 Å². The molecule has 0 radical (unpaired) electrons. The van der Waals surface area contributed by atoms with Crippen LogP contribution in [0, 0.1) is 0 Å². The standard InChI is InChI=1S/C15H20N6OS/c22-14(19-2-1-7-21-8-5-16-6-9-21)13-11-23-15(20-13)12-10-17-3-4-18-12/h3-4,10-11,16H,1-2,5-9H2,(H,19,22). The minimum atomic E-state index is -0.128. The summed E-state index contributed by atoms with van der Waals surface area (Å²) in [4.78, 5) is 27.1. The van der Waals surface area contributed by atoms with E-state index in [1.165, 1.54) is 11.3 Å². The van der Waals surface area contributed by atoms with Gasteiger partial charge in [0.1, 0.15) is 16.4 Å². The molecule has 0 aliphatic carbocycles. The molecule has 3 rings (SSSR count). The summed E-state index contributed by atoms with van der Waals surface area (Å²) in [5.41, 5.74) is 1.13. The van der Waals surface area contributed by atoms with Crippen molar-refractivity contribution in [1.82, 2.24) is 30.5 Å². The van der Waals surface area contributed by atoms with E-state index in [4.69, 9.17) is 0 Å². The molecule has 1 saturated heterocycles. The van der Waals surface area contributed by atoms with E-state index in [1.54, 1.807) is 24.0 Å². The Hall–Kier alpha value is -1.90. The second-order valence-electron chi connectivity index (χ2n) is 5.33. The SMILES string of the molecule is O=C(NCCCN1CCNCC1)c1csc(-c2cnccn2)n1. The number of rotatable bonds is 6. The highest BCUT2D eigenvalue weighted by molar-refractivity contribution is 7.13. The molecular weight excluding hydrogens is 312 g/mol. The van der Waals surface area contributed by atoms with Crippen molar-refractivity contribution in [3.8, 4) is 10.7 Å². The van der Waals surface area contributed by atoms with E-state index in [0.29, 0.717) is 22.9 Å². The van der Waals surface area contributed by atoms with Crippen LogP contribution in [0.25, 0.3) is 10.7 Å². The van der Waals surface area contributed by atoms with Crippen LogP contribution in [0.1, 0.15) is 16.9 Å². The molecule has 122 valence electrons. The molecular formula is C15H20N6OS. The predicted molar refractivity (Wildman–Crippen MR) is 89.4 cm³/mol. The molecule has 2 aromatic rings. The first kappa shape index (κ1) is 16.0. The lowest BCUT2D eigenvalue weighted by Gasteiger charge is -2.26. The lowest BCUT2D eigenvalue weighted by molar-refractivity contribution is 0.0947. The van der Waals surface area contributed by atoms with Gasteiger partial charge in [-0.2, -0.15) is 0 Å². The van der Waals surface area contributed by atoms with Crippen molar-refractivity contribution in [1.29, 1.82) is 0 Å². The van der Waals surface area contributed by atoms with Gasteiger partial charge in [-0.25, -0.2) is 4.98 Å². The topological polar surface area (TPSA) is 83.0 Å². The second kappa shape index (κ2) is 8.09. The average molecular weight is 332 g/mol. The first-order valence-electron chi connectivity index (χ1n) is 7.76. The van der Waals surface area contributed by atoms with Gasteiger partial charge in [0.05, 0.1) is 6.20 Å². The zero-order chi connectivity index (χ0) is 15.9. The second-order valence-corrected chi connectivity index (χ2v) is 6.19. The van der Waals surface area contributed by atoms with Crippen LogP contribution in [0.4, 0.5) is 0 Å². The van der Waals surface area contributed by atoms with E-state index in [-0.39, 0.29) is 5.91 Å². The van der Waals surface area contributed by atoms with Crippen LogP contribution in [-0.2, 0) is 0 Å². The fourth-order valence-corrected chi connectivity index (χ4v) is 3.20. The van der Waals surface area contributed by atoms with E-state index >= 15 is 0 Å². The molecule has 0 spiro atoms. The van der Waals surface area contributed by atoms with Gasteiger partial charge in [0.25, 0.3) is 5.91 Å². The third-order valence-electron chi connectivity index (χ3n) is 3.67. The van der Waals surface area contributed by atoms with Crippen LogP contribution >= 0.6 is 11.3 Å². The van der Waals surface area contributed by atoms with Gasteiger partial charge >= 0.3 is 0 Å². The lowest BCUT2D eigenvalue weighted by atomic mass is 10.3. The molecule has 0 unspecified atom stereocenters. The smallest absolute Gasteiger partial charge is 0.270 e. The van der Waals surface area contributed by atoms with Gasteiger partial charge in [-0.15, -0.1) is 11.3 Å². The lowest BCUT2D eigenvalue weighted by Crippen LogP contribution is -2.44. The first-order chi connectivity index (χ1) is 11.3. The normalized spacial score (nSPS) is 15.5. The van der Waals surface area contributed by atoms with E-state index in [2.05, 4.69) is 30.5 Å². The molecule has 7 nitrogen and oxygen atoms in total. The van der Waals surface area contributed by atoms with Crippen LogP contribution < -0.4 is 10.6 Å². The predicted octanol–water partition coefficient (Wildman–Crippen LogP) is 0.625. The van der Waals surface area contributed by atoms with Crippen molar-refractivity contribution >= 4 is 17.2 Å². The number of amides is 1. The van der Waals surface area contributed by atoms with Gasteiger partial charge in [-0.1, -0.05) is 0 Å². The fourth-order valence-electron chi connectivity index (χ4n) is 2.44. The number of hydrogen-bond acceptors (Lipinski definition) is 7. The number of nitrogens with zero attached hydrogens (tertiary/aromatic N) is 4. The maximum Gasteiger partial charge on any atom is 0.270 e. The molecule has 1 aliphatic rings. The summed E-state index contributed by atoms with van der Waals surface area (Å²) in [6.07, 6.45) is 5.83. The minimum Gasteiger partial charge on any atom is -0.351 e. The number of piperazine rings is 1. The molecule has 1 fully saturated rings. The highest BCUT2D eigenvalue weighted by Crippen LogP contribution is 2.20.